The maximum atomic E-state index is 12.1. The molecule has 0 aliphatic carbocycles. The third-order valence-electron chi connectivity index (χ3n) is 3.82. The summed E-state index contributed by atoms with van der Waals surface area (Å²) >= 11 is 0. The molecule has 0 radical (unpaired) electrons. The van der Waals surface area contributed by atoms with Gasteiger partial charge in [0.2, 0.25) is 0 Å². The predicted octanol–water partition coefficient (Wildman–Crippen LogP) is 0.831. The van der Waals surface area contributed by atoms with Crippen molar-refractivity contribution in [3.8, 4) is 0 Å². The van der Waals surface area contributed by atoms with Crippen LogP contribution in [0.2, 0.25) is 0 Å². The Morgan fingerprint density at radius 1 is 1.26 bits per heavy atom. The van der Waals surface area contributed by atoms with Crippen LogP contribution in [0.5, 0.6) is 0 Å². The van der Waals surface area contributed by atoms with E-state index in [-0.39, 0.29) is 17.5 Å². The van der Waals surface area contributed by atoms with Crippen molar-refractivity contribution in [2.24, 2.45) is 5.92 Å². The number of likely N-dealkylation sites (N-methyl/N-ethyl adjacent to an activating group) is 1. The Bertz CT molecular complexity index is 355. The maximum absolute atomic E-state index is 12.1. The lowest BCUT2D eigenvalue weighted by atomic mass is 10.00. The third-order valence-corrected chi connectivity index (χ3v) is 3.82. The molecule has 1 aliphatic rings. The second kappa shape index (κ2) is 5.77. The molecule has 0 aromatic heterocycles. The van der Waals surface area contributed by atoms with Crippen LogP contribution < -0.4 is 5.32 Å². The lowest BCUT2D eigenvalue weighted by molar-refractivity contribution is -0.140. The Balaban J connectivity index is 2.66. The van der Waals surface area contributed by atoms with Crippen molar-refractivity contribution < 1.29 is 14.7 Å². The summed E-state index contributed by atoms with van der Waals surface area (Å²) in [6, 6.07) is -1.13. The van der Waals surface area contributed by atoms with E-state index in [4.69, 9.17) is 5.11 Å². The molecule has 2 amide bonds. The Morgan fingerprint density at radius 2 is 1.84 bits per heavy atom. The molecule has 1 rings (SSSR count). The molecule has 6 nitrogen and oxygen atoms in total. The molecule has 110 valence electrons. The summed E-state index contributed by atoms with van der Waals surface area (Å²) in [5.41, 5.74) is -0.0911. The first-order valence-electron chi connectivity index (χ1n) is 6.64. The minimum Gasteiger partial charge on any atom is -0.480 e. The van der Waals surface area contributed by atoms with E-state index in [2.05, 4.69) is 24.1 Å². The SMILES string of the molecule is CC(C)[C@H](NC(=O)N1CCN(C)C(C)(C)C1)C(=O)O. The average Bonchev–Trinajstić information content (AvgIpc) is 2.28. The summed E-state index contributed by atoms with van der Waals surface area (Å²) in [5, 5.41) is 11.7. The molecule has 0 spiro atoms. The normalized spacial score (nSPS) is 21.3. The number of amides is 2. The van der Waals surface area contributed by atoms with E-state index in [1.165, 1.54) is 0 Å². The minimum absolute atomic E-state index is 0.0911. The number of rotatable bonds is 3. The van der Waals surface area contributed by atoms with Gasteiger partial charge >= 0.3 is 12.0 Å². The number of carbonyl (C=O) groups excluding carboxylic acids is 1. The van der Waals surface area contributed by atoms with Crippen LogP contribution in [0.3, 0.4) is 0 Å². The lowest BCUT2D eigenvalue weighted by Crippen LogP contribution is -2.61. The average molecular weight is 271 g/mol. The van der Waals surface area contributed by atoms with Crippen molar-refractivity contribution >= 4 is 12.0 Å². The van der Waals surface area contributed by atoms with Crippen molar-refractivity contribution in [3.05, 3.63) is 0 Å². The molecule has 0 aromatic carbocycles. The van der Waals surface area contributed by atoms with E-state index in [9.17, 15) is 9.59 Å². The fourth-order valence-electron chi connectivity index (χ4n) is 2.15. The second-order valence-corrected chi connectivity index (χ2v) is 6.16. The Kier molecular flexibility index (Phi) is 4.79. The number of carbonyl (C=O) groups is 2. The third kappa shape index (κ3) is 3.83. The number of hydrogen-bond acceptors (Lipinski definition) is 3. The molecule has 1 atom stereocenters. The minimum atomic E-state index is -0.989. The standard InChI is InChI=1S/C13H25N3O3/c1-9(2)10(11(17)18)14-12(19)16-7-6-15(5)13(3,4)8-16/h9-10H,6-8H2,1-5H3,(H,14,19)(H,17,18)/t10-/m0/s1. The fraction of sp³-hybridized carbons (Fsp3) is 0.846. The number of piperazine rings is 1. The number of urea groups is 1. The van der Waals surface area contributed by atoms with E-state index >= 15 is 0 Å². The van der Waals surface area contributed by atoms with Gasteiger partial charge in [-0.25, -0.2) is 9.59 Å². The fourth-order valence-corrected chi connectivity index (χ4v) is 2.15. The van der Waals surface area contributed by atoms with Gasteiger partial charge in [0.25, 0.3) is 0 Å². The van der Waals surface area contributed by atoms with Gasteiger partial charge in [-0.3, -0.25) is 4.90 Å². The number of carboxylic acid groups (broad SMARTS) is 1. The summed E-state index contributed by atoms with van der Waals surface area (Å²) < 4.78 is 0. The molecule has 0 saturated carbocycles. The van der Waals surface area contributed by atoms with Gasteiger partial charge in [0.05, 0.1) is 0 Å². The molecule has 1 heterocycles. The smallest absolute Gasteiger partial charge is 0.326 e. The molecule has 0 aromatic rings. The van der Waals surface area contributed by atoms with E-state index in [0.29, 0.717) is 13.1 Å². The van der Waals surface area contributed by atoms with Crippen molar-refractivity contribution in [1.82, 2.24) is 15.1 Å². The highest BCUT2D eigenvalue weighted by atomic mass is 16.4. The summed E-state index contributed by atoms with van der Waals surface area (Å²) in [4.78, 5) is 27.1. The topological polar surface area (TPSA) is 72.9 Å². The summed E-state index contributed by atoms with van der Waals surface area (Å²) in [6.45, 7) is 9.73. The number of aliphatic carboxylic acids is 1. The first-order valence-corrected chi connectivity index (χ1v) is 6.64. The van der Waals surface area contributed by atoms with Crippen LogP contribution in [0, 0.1) is 5.92 Å². The first kappa shape index (κ1) is 15.8. The van der Waals surface area contributed by atoms with Crippen LogP contribution >= 0.6 is 0 Å². The van der Waals surface area contributed by atoms with E-state index in [0.717, 1.165) is 6.54 Å². The number of nitrogens with one attached hydrogen (secondary N) is 1. The van der Waals surface area contributed by atoms with Gasteiger partial charge in [-0.05, 0) is 26.8 Å². The molecule has 1 aliphatic heterocycles. The van der Waals surface area contributed by atoms with Crippen LogP contribution in [0.4, 0.5) is 4.79 Å². The van der Waals surface area contributed by atoms with Gasteiger partial charge in [0.1, 0.15) is 6.04 Å². The van der Waals surface area contributed by atoms with Gasteiger partial charge in [0, 0.05) is 25.2 Å². The zero-order valence-corrected chi connectivity index (χ0v) is 12.4. The molecule has 2 N–H and O–H groups in total. The van der Waals surface area contributed by atoms with E-state index in [1.807, 2.05) is 7.05 Å². The summed E-state index contributed by atoms with van der Waals surface area (Å²) in [5.74, 6) is -1.13. The molecule has 6 heteroatoms. The Labute approximate surface area is 114 Å². The maximum Gasteiger partial charge on any atom is 0.326 e. The molecule has 0 unspecified atom stereocenters. The van der Waals surface area contributed by atoms with Crippen molar-refractivity contribution in [2.75, 3.05) is 26.7 Å². The van der Waals surface area contributed by atoms with Crippen LogP contribution in [0.1, 0.15) is 27.7 Å². The van der Waals surface area contributed by atoms with Gasteiger partial charge in [-0.2, -0.15) is 0 Å². The van der Waals surface area contributed by atoms with Crippen LogP contribution in [0.15, 0.2) is 0 Å². The first-order chi connectivity index (χ1) is 8.65. The van der Waals surface area contributed by atoms with Crippen molar-refractivity contribution in [3.63, 3.8) is 0 Å². The van der Waals surface area contributed by atoms with E-state index in [1.54, 1.807) is 18.7 Å². The second-order valence-electron chi connectivity index (χ2n) is 6.16. The van der Waals surface area contributed by atoms with Gasteiger partial charge in [-0.1, -0.05) is 13.8 Å². The lowest BCUT2D eigenvalue weighted by Gasteiger charge is -2.45. The zero-order valence-electron chi connectivity index (χ0n) is 12.4. The van der Waals surface area contributed by atoms with Crippen molar-refractivity contribution in [2.45, 2.75) is 39.3 Å². The zero-order chi connectivity index (χ0) is 14.8. The molecular formula is C13H25N3O3. The molecule has 1 fully saturated rings. The van der Waals surface area contributed by atoms with Crippen LogP contribution in [0.25, 0.3) is 0 Å². The molecular weight excluding hydrogens is 246 g/mol. The highest BCUT2D eigenvalue weighted by Crippen LogP contribution is 2.19. The van der Waals surface area contributed by atoms with Gasteiger partial charge in [-0.15, -0.1) is 0 Å². The number of nitrogens with zero attached hydrogens (tertiary/aromatic N) is 2. The molecule has 0 bridgehead atoms. The number of carboxylic acids is 1. The van der Waals surface area contributed by atoms with E-state index < -0.39 is 12.0 Å². The Hall–Kier alpha value is -1.30. The Morgan fingerprint density at radius 3 is 2.26 bits per heavy atom. The molecule has 19 heavy (non-hydrogen) atoms. The van der Waals surface area contributed by atoms with Crippen LogP contribution in [-0.2, 0) is 4.79 Å². The highest BCUT2D eigenvalue weighted by molar-refractivity contribution is 5.82. The highest BCUT2D eigenvalue weighted by Gasteiger charge is 2.34. The molecule has 1 saturated heterocycles. The predicted molar refractivity (Wildman–Crippen MR) is 73.1 cm³/mol. The monoisotopic (exact) mass is 271 g/mol. The van der Waals surface area contributed by atoms with Gasteiger partial charge < -0.3 is 15.3 Å². The summed E-state index contributed by atoms with van der Waals surface area (Å²) in [7, 11) is 2.03. The van der Waals surface area contributed by atoms with Gasteiger partial charge in [0.15, 0.2) is 0 Å². The summed E-state index contributed by atoms with van der Waals surface area (Å²) in [6.07, 6.45) is 0. The number of hydrogen-bond donors (Lipinski definition) is 2. The largest absolute Gasteiger partial charge is 0.480 e. The van der Waals surface area contributed by atoms with Crippen LogP contribution in [-0.4, -0.2) is 65.2 Å². The van der Waals surface area contributed by atoms with Crippen molar-refractivity contribution in [1.29, 1.82) is 0 Å². The quantitative estimate of drug-likeness (QED) is 0.797.